The van der Waals surface area contributed by atoms with Gasteiger partial charge in [-0.15, -0.1) is 11.3 Å². The van der Waals surface area contributed by atoms with Gasteiger partial charge in [0, 0.05) is 5.92 Å². The molecule has 1 aliphatic rings. The molecule has 1 aromatic carbocycles. The molecule has 112 valence electrons. The maximum atomic E-state index is 12.5. The van der Waals surface area contributed by atoms with Crippen LogP contribution in [0, 0.1) is 11.8 Å². The number of halogens is 1. The van der Waals surface area contributed by atoms with E-state index in [0.717, 1.165) is 42.4 Å². The molecule has 1 saturated carbocycles. The van der Waals surface area contributed by atoms with Crippen molar-refractivity contribution >= 4 is 44.7 Å². The molecule has 0 aliphatic heterocycles. The monoisotopic (exact) mass is 323 g/mol. The number of nitrogens with two attached hydrogens (primary N) is 1. The van der Waals surface area contributed by atoms with Crippen molar-refractivity contribution in [3.63, 3.8) is 0 Å². The van der Waals surface area contributed by atoms with Crippen LogP contribution in [0.15, 0.2) is 17.6 Å². The Hall–Kier alpha value is -1.17. The third-order valence-corrected chi connectivity index (χ3v) is 5.36. The van der Waals surface area contributed by atoms with Gasteiger partial charge in [0.15, 0.2) is 0 Å². The van der Waals surface area contributed by atoms with Crippen LogP contribution in [-0.2, 0) is 4.79 Å². The van der Waals surface area contributed by atoms with E-state index in [0.29, 0.717) is 16.6 Å². The predicted octanol–water partition coefficient (Wildman–Crippen LogP) is 3.65. The summed E-state index contributed by atoms with van der Waals surface area (Å²) < 4.78 is 1.03. The van der Waals surface area contributed by atoms with Gasteiger partial charge < -0.3 is 11.1 Å². The smallest absolute Gasteiger partial charge is 0.227 e. The topological polar surface area (TPSA) is 68.0 Å². The van der Waals surface area contributed by atoms with Gasteiger partial charge in [-0.25, -0.2) is 4.98 Å². The maximum absolute atomic E-state index is 12.5. The highest BCUT2D eigenvalue weighted by Crippen LogP contribution is 2.34. The number of carbonyl (C=O) groups is 1. The first kappa shape index (κ1) is 14.8. The van der Waals surface area contributed by atoms with E-state index >= 15 is 0 Å². The van der Waals surface area contributed by atoms with Crippen LogP contribution in [0.3, 0.4) is 0 Å². The summed E-state index contributed by atoms with van der Waals surface area (Å²) in [5, 5.41) is 3.52. The minimum absolute atomic E-state index is 0.0490. The third-order valence-electron chi connectivity index (χ3n) is 4.25. The largest absolute Gasteiger partial charge is 0.330 e. The van der Waals surface area contributed by atoms with E-state index in [-0.39, 0.29) is 11.8 Å². The van der Waals surface area contributed by atoms with E-state index in [1.54, 1.807) is 16.8 Å². The molecule has 0 bridgehead atoms. The molecule has 1 fully saturated rings. The number of hydrogen-bond acceptors (Lipinski definition) is 4. The van der Waals surface area contributed by atoms with Gasteiger partial charge in [0.2, 0.25) is 5.91 Å². The zero-order chi connectivity index (χ0) is 14.8. The molecule has 6 heteroatoms. The molecule has 3 rings (SSSR count). The second-order valence-corrected chi connectivity index (χ2v) is 6.86. The number of rotatable bonds is 3. The highest BCUT2D eigenvalue weighted by atomic mass is 35.5. The fourth-order valence-electron chi connectivity index (χ4n) is 2.91. The van der Waals surface area contributed by atoms with Gasteiger partial charge in [-0.05, 0) is 50.3 Å². The number of nitrogens with one attached hydrogen (secondary N) is 1. The van der Waals surface area contributed by atoms with Crippen molar-refractivity contribution in [1.82, 2.24) is 4.98 Å². The van der Waals surface area contributed by atoms with Crippen molar-refractivity contribution in [3.8, 4) is 0 Å². The molecule has 21 heavy (non-hydrogen) atoms. The van der Waals surface area contributed by atoms with E-state index in [1.165, 1.54) is 0 Å². The summed E-state index contributed by atoms with van der Waals surface area (Å²) in [5.41, 5.74) is 8.88. The molecule has 0 unspecified atom stereocenters. The Morgan fingerprint density at radius 2 is 2.14 bits per heavy atom. The highest BCUT2D eigenvalue weighted by Gasteiger charge is 2.26. The van der Waals surface area contributed by atoms with Crippen LogP contribution in [0.25, 0.3) is 10.2 Å². The fraction of sp³-hybridized carbons (Fsp3) is 0.467. The van der Waals surface area contributed by atoms with Crippen molar-refractivity contribution in [2.75, 3.05) is 11.9 Å². The van der Waals surface area contributed by atoms with E-state index < -0.39 is 0 Å². The molecule has 0 radical (unpaired) electrons. The lowest BCUT2D eigenvalue weighted by Gasteiger charge is -2.26. The maximum Gasteiger partial charge on any atom is 0.227 e. The SMILES string of the molecule is NCC1CCC(C(=O)Nc2c(Cl)ccc3scnc23)CC1. The molecule has 0 atom stereocenters. The third kappa shape index (κ3) is 3.05. The molecule has 1 amide bonds. The van der Waals surface area contributed by atoms with E-state index in [2.05, 4.69) is 10.3 Å². The Morgan fingerprint density at radius 3 is 2.86 bits per heavy atom. The van der Waals surface area contributed by atoms with Crippen LogP contribution in [0.4, 0.5) is 5.69 Å². The Balaban J connectivity index is 1.75. The number of hydrogen-bond donors (Lipinski definition) is 2. The van der Waals surface area contributed by atoms with E-state index in [1.807, 2.05) is 12.1 Å². The number of benzene rings is 1. The minimum atomic E-state index is 0.0490. The Morgan fingerprint density at radius 1 is 1.38 bits per heavy atom. The molecule has 3 N–H and O–H groups in total. The molecule has 4 nitrogen and oxygen atoms in total. The number of anilines is 1. The summed E-state index contributed by atoms with van der Waals surface area (Å²) in [6, 6.07) is 3.74. The Kier molecular flexibility index (Phi) is 4.42. The second kappa shape index (κ2) is 6.30. The van der Waals surface area contributed by atoms with Crippen molar-refractivity contribution in [2.24, 2.45) is 17.6 Å². The zero-order valence-corrected chi connectivity index (χ0v) is 13.2. The van der Waals surface area contributed by atoms with Gasteiger partial charge in [-0.3, -0.25) is 4.79 Å². The molecular formula is C15H18ClN3OS. The van der Waals surface area contributed by atoms with Crippen molar-refractivity contribution in [3.05, 3.63) is 22.7 Å². The quantitative estimate of drug-likeness (QED) is 0.905. The van der Waals surface area contributed by atoms with Gasteiger partial charge in [0.25, 0.3) is 0 Å². The van der Waals surface area contributed by atoms with Crippen LogP contribution >= 0.6 is 22.9 Å². The fourth-order valence-corrected chi connectivity index (χ4v) is 3.80. The number of amides is 1. The molecular weight excluding hydrogens is 306 g/mol. The van der Waals surface area contributed by atoms with Gasteiger partial charge in [-0.1, -0.05) is 11.6 Å². The summed E-state index contributed by atoms with van der Waals surface area (Å²) in [5.74, 6) is 0.672. The number of carbonyl (C=O) groups excluding carboxylic acids is 1. The number of nitrogens with zero attached hydrogens (tertiary/aromatic N) is 1. The summed E-state index contributed by atoms with van der Waals surface area (Å²) in [6.07, 6.45) is 3.86. The molecule has 1 aromatic heterocycles. The Labute approximate surface area is 132 Å². The lowest BCUT2D eigenvalue weighted by molar-refractivity contribution is -0.121. The van der Waals surface area contributed by atoms with Crippen LogP contribution in [0.1, 0.15) is 25.7 Å². The first-order valence-electron chi connectivity index (χ1n) is 7.21. The predicted molar refractivity (Wildman–Crippen MR) is 87.8 cm³/mol. The molecule has 0 saturated heterocycles. The average Bonchev–Trinajstić information content (AvgIpc) is 2.99. The normalized spacial score (nSPS) is 22.4. The van der Waals surface area contributed by atoms with Crippen LogP contribution in [0.5, 0.6) is 0 Å². The van der Waals surface area contributed by atoms with E-state index in [9.17, 15) is 4.79 Å². The summed E-state index contributed by atoms with van der Waals surface area (Å²) in [7, 11) is 0. The summed E-state index contributed by atoms with van der Waals surface area (Å²) in [4.78, 5) is 16.8. The van der Waals surface area contributed by atoms with E-state index in [4.69, 9.17) is 17.3 Å². The van der Waals surface area contributed by atoms with Gasteiger partial charge in [0.05, 0.1) is 20.9 Å². The van der Waals surface area contributed by atoms with Gasteiger partial charge in [0.1, 0.15) is 5.52 Å². The van der Waals surface area contributed by atoms with Crippen LogP contribution < -0.4 is 11.1 Å². The molecule has 2 aromatic rings. The zero-order valence-electron chi connectivity index (χ0n) is 11.6. The summed E-state index contributed by atoms with van der Waals surface area (Å²) in [6.45, 7) is 0.721. The van der Waals surface area contributed by atoms with Gasteiger partial charge in [-0.2, -0.15) is 0 Å². The molecule has 1 aliphatic carbocycles. The standard InChI is InChI=1S/C15H18ClN3OS/c16-11-5-6-12-14(18-8-21-12)13(11)19-15(20)10-3-1-9(7-17)2-4-10/h5-6,8-10H,1-4,7,17H2,(H,19,20). The number of aromatic nitrogens is 1. The van der Waals surface area contributed by atoms with Crippen LogP contribution in [-0.4, -0.2) is 17.4 Å². The second-order valence-electron chi connectivity index (χ2n) is 5.56. The van der Waals surface area contributed by atoms with Crippen molar-refractivity contribution in [1.29, 1.82) is 0 Å². The number of thiazole rings is 1. The van der Waals surface area contributed by atoms with Gasteiger partial charge >= 0.3 is 0 Å². The average molecular weight is 324 g/mol. The lowest BCUT2D eigenvalue weighted by Crippen LogP contribution is -2.29. The minimum Gasteiger partial charge on any atom is -0.330 e. The summed E-state index contributed by atoms with van der Waals surface area (Å²) >= 11 is 7.76. The first-order valence-corrected chi connectivity index (χ1v) is 8.47. The molecule has 0 spiro atoms. The van der Waals surface area contributed by atoms with Crippen molar-refractivity contribution < 1.29 is 4.79 Å². The van der Waals surface area contributed by atoms with Crippen molar-refractivity contribution in [2.45, 2.75) is 25.7 Å². The molecule has 1 heterocycles. The van der Waals surface area contributed by atoms with Crippen LogP contribution in [0.2, 0.25) is 5.02 Å². The number of fused-ring (bicyclic) bond motifs is 1. The first-order chi connectivity index (χ1) is 10.2. The highest BCUT2D eigenvalue weighted by molar-refractivity contribution is 7.16. The lowest BCUT2D eigenvalue weighted by atomic mass is 9.81. The Bertz CT molecular complexity index is 649.